The minimum atomic E-state index is -0.383. The van der Waals surface area contributed by atoms with Gasteiger partial charge in [-0.15, -0.1) is 0 Å². The Labute approximate surface area is 110 Å². The summed E-state index contributed by atoms with van der Waals surface area (Å²) in [5, 5.41) is 17.9. The topological polar surface area (TPSA) is 64.7 Å². The number of hydrogen-bond donors (Lipinski definition) is 0. The highest BCUT2D eigenvalue weighted by atomic mass is 16.1. The van der Waals surface area contributed by atoms with Crippen molar-refractivity contribution < 1.29 is 4.79 Å². The highest BCUT2D eigenvalue weighted by Gasteiger charge is 2.28. The first-order valence-electron chi connectivity index (χ1n) is 5.82. The van der Waals surface area contributed by atoms with Crippen LogP contribution in [0.5, 0.6) is 0 Å². The van der Waals surface area contributed by atoms with Gasteiger partial charge in [-0.25, -0.2) is 0 Å². The molecule has 3 rings (SSSR count). The molecule has 0 unspecified atom stereocenters. The minimum Gasteiger partial charge on any atom is -0.302 e. The van der Waals surface area contributed by atoms with Crippen LogP contribution >= 0.6 is 0 Å². The van der Waals surface area contributed by atoms with E-state index in [4.69, 9.17) is 10.5 Å². The first-order valence-corrected chi connectivity index (χ1v) is 5.82. The first kappa shape index (κ1) is 11.2. The lowest BCUT2D eigenvalue weighted by atomic mass is 9.97. The zero-order valence-corrected chi connectivity index (χ0v) is 9.92. The largest absolute Gasteiger partial charge is 0.302 e. The molecule has 19 heavy (non-hydrogen) atoms. The summed E-state index contributed by atoms with van der Waals surface area (Å²) < 4.78 is 0. The van der Waals surface area contributed by atoms with E-state index in [0.29, 0.717) is 11.1 Å². The van der Waals surface area contributed by atoms with E-state index in [1.54, 1.807) is 24.3 Å². The van der Waals surface area contributed by atoms with Gasteiger partial charge >= 0.3 is 0 Å². The Kier molecular flexibility index (Phi) is 2.41. The molecule has 0 aromatic heterocycles. The molecule has 0 bridgehead atoms. The van der Waals surface area contributed by atoms with E-state index < -0.39 is 0 Å². The number of hydrogen-bond acceptors (Lipinski definition) is 3. The number of rotatable bonds is 1. The first-order chi connectivity index (χ1) is 9.28. The number of fused-ring (bicyclic) bond motifs is 3. The van der Waals surface area contributed by atoms with Crippen LogP contribution < -0.4 is 0 Å². The van der Waals surface area contributed by atoms with E-state index in [2.05, 4.69) is 12.1 Å². The van der Waals surface area contributed by atoms with Crippen molar-refractivity contribution in [3.63, 3.8) is 0 Å². The lowest BCUT2D eigenvalue weighted by Gasteiger charge is -2.04. The number of aldehydes is 1. The van der Waals surface area contributed by atoms with Gasteiger partial charge in [-0.1, -0.05) is 12.1 Å². The number of benzene rings is 2. The quantitative estimate of drug-likeness (QED) is 0.724. The highest BCUT2D eigenvalue weighted by molar-refractivity contribution is 5.88. The molecule has 0 heterocycles. The molecule has 2 aromatic carbocycles. The van der Waals surface area contributed by atoms with Gasteiger partial charge in [0.15, 0.2) is 0 Å². The third-order valence-corrected chi connectivity index (χ3v) is 3.46. The number of nitrogens with zero attached hydrogens (tertiary/aromatic N) is 2. The SMILES string of the molecule is N#Cc1ccc2c(c1)C(C=O)c1cc(C#N)ccc1-2. The van der Waals surface area contributed by atoms with Crippen molar-refractivity contribution >= 4 is 6.29 Å². The summed E-state index contributed by atoms with van der Waals surface area (Å²) in [6.07, 6.45) is 0.868. The van der Waals surface area contributed by atoms with Crippen molar-refractivity contribution in [3.8, 4) is 23.3 Å². The molecule has 3 heteroatoms. The van der Waals surface area contributed by atoms with Gasteiger partial charge in [-0.3, -0.25) is 0 Å². The fourth-order valence-corrected chi connectivity index (χ4v) is 2.58. The van der Waals surface area contributed by atoms with Gasteiger partial charge in [0.1, 0.15) is 6.29 Å². The van der Waals surface area contributed by atoms with Crippen LogP contribution in [0, 0.1) is 22.7 Å². The van der Waals surface area contributed by atoms with Crippen molar-refractivity contribution in [2.75, 3.05) is 0 Å². The lowest BCUT2D eigenvalue weighted by Crippen LogP contribution is -1.98. The summed E-state index contributed by atoms with van der Waals surface area (Å²) in [6, 6.07) is 14.9. The van der Waals surface area contributed by atoms with Gasteiger partial charge in [-0.05, 0) is 46.5 Å². The fourth-order valence-electron chi connectivity index (χ4n) is 2.58. The second kappa shape index (κ2) is 4.08. The predicted molar refractivity (Wildman–Crippen MR) is 69.2 cm³/mol. The van der Waals surface area contributed by atoms with Crippen molar-refractivity contribution in [1.29, 1.82) is 10.5 Å². The van der Waals surface area contributed by atoms with Gasteiger partial charge < -0.3 is 4.79 Å². The van der Waals surface area contributed by atoms with Crippen LogP contribution in [0.3, 0.4) is 0 Å². The molecule has 0 amide bonds. The Morgan fingerprint density at radius 3 is 1.74 bits per heavy atom. The van der Waals surface area contributed by atoms with Crippen LogP contribution in [0.2, 0.25) is 0 Å². The molecule has 1 aliphatic rings. The molecule has 0 N–H and O–H groups in total. The third-order valence-electron chi connectivity index (χ3n) is 3.46. The molecule has 0 saturated carbocycles. The van der Waals surface area contributed by atoms with Crippen molar-refractivity contribution in [3.05, 3.63) is 58.7 Å². The molecule has 0 atom stereocenters. The fraction of sp³-hybridized carbons (Fsp3) is 0.0625. The van der Waals surface area contributed by atoms with Crippen LogP contribution in [0.1, 0.15) is 28.2 Å². The van der Waals surface area contributed by atoms with Crippen molar-refractivity contribution in [2.24, 2.45) is 0 Å². The molecule has 0 fully saturated rings. The average Bonchev–Trinajstić information content (AvgIpc) is 2.78. The molecule has 0 aliphatic heterocycles. The molecular formula is C16H8N2O. The normalized spacial score (nSPS) is 12.1. The van der Waals surface area contributed by atoms with E-state index >= 15 is 0 Å². The number of carbonyl (C=O) groups is 1. The molecule has 0 spiro atoms. The molecule has 1 aliphatic carbocycles. The Morgan fingerprint density at radius 2 is 1.37 bits per heavy atom. The van der Waals surface area contributed by atoms with Gasteiger partial charge in [0.2, 0.25) is 0 Å². The van der Waals surface area contributed by atoms with Crippen LogP contribution in [-0.4, -0.2) is 6.29 Å². The maximum absolute atomic E-state index is 11.4. The number of carbonyl (C=O) groups excluding carboxylic acids is 1. The molecule has 2 aromatic rings. The Morgan fingerprint density at radius 1 is 0.895 bits per heavy atom. The predicted octanol–water partition coefficient (Wildman–Crippen LogP) is 2.74. The van der Waals surface area contributed by atoms with E-state index in [1.165, 1.54) is 0 Å². The van der Waals surface area contributed by atoms with Gasteiger partial charge in [0.25, 0.3) is 0 Å². The van der Waals surface area contributed by atoms with Gasteiger partial charge in [0.05, 0.1) is 29.2 Å². The van der Waals surface area contributed by atoms with E-state index in [0.717, 1.165) is 28.5 Å². The monoisotopic (exact) mass is 244 g/mol. The minimum absolute atomic E-state index is 0.383. The van der Waals surface area contributed by atoms with Crippen LogP contribution in [-0.2, 0) is 4.79 Å². The molecule has 88 valence electrons. The molecule has 0 saturated heterocycles. The maximum Gasteiger partial charge on any atom is 0.131 e. The van der Waals surface area contributed by atoms with E-state index in [1.807, 2.05) is 12.1 Å². The molecule has 0 radical (unpaired) electrons. The van der Waals surface area contributed by atoms with Crippen LogP contribution in [0.15, 0.2) is 36.4 Å². The van der Waals surface area contributed by atoms with E-state index in [-0.39, 0.29) is 5.92 Å². The Bertz CT molecular complexity index is 715. The third kappa shape index (κ3) is 1.53. The van der Waals surface area contributed by atoms with Gasteiger partial charge in [-0.2, -0.15) is 10.5 Å². The standard InChI is InChI=1S/C16H8N2O/c17-7-10-1-3-12-13-4-2-11(8-18)6-15(13)16(9-19)14(12)5-10/h1-6,9,16H. The summed E-state index contributed by atoms with van der Waals surface area (Å²) in [4.78, 5) is 11.4. The van der Waals surface area contributed by atoms with Crippen LogP contribution in [0.4, 0.5) is 0 Å². The second-order valence-corrected chi connectivity index (χ2v) is 4.44. The highest BCUT2D eigenvalue weighted by Crippen LogP contribution is 2.44. The maximum atomic E-state index is 11.4. The average molecular weight is 244 g/mol. The lowest BCUT2D eigenvalue weighted by molar-refractivity contribution is -0.108. The summed E-state index contributed by atoms with van der Waals surface area (Å²) in [7, 11) is 0. The van der Waals surface area contributed by atoms with Crippen molar-refractivity contribution in [2.45, 2.75) is 5.92 Å². The smallest absolute Gasteiger partial charge is 0.131 e. The zero-order valence-electron chi connectivity index (χ0n) is 9.92. The summed E-state index contributed by atoms with van der Waals surface area (Å²) in [5.74, 6) is -0.383. The van der Waals surface area contributed by atoms with E-state index in [9.17, 15) is 4.79 Å². The molecule has 3 nitrogen and oxygen atoms in total. The summed E-state index contributed by atoms with van der Waals surface area (Å²) in [5.41, 5.74) is 4.71. The summed E-state index contributed by atoms with van der Waals surface area (Å²) in [6.45, 7) is 0. The second-order valence-electron chi connectivity index (χ2n) is 4.44. The van der Waals surface area contributed by atoms with Crippen LogP contribution in [0.25, 0.3) is 11.1 Å². The zero-order chi connectivity index (χ0) is 13.4. The van der Waals surface area contributed by atoms with Gasteiger partial charge in [0, 0.05) is 0 Å². The Hall–Kier alpha value is -2.91. The summed E-state index contributed by atoms with van der Waals surface area (Å²) >= 11 is 0. The Balaban J connectivity index is 2.29. The van der Waals surface area contributed by atoms with Crippen molar-refractivity contribution in [1.82, 2.24) is 0 Å². The molecular weight excluding hydrogens is 236 g/mol. The number of nitriles is 2.